The summed E-state index contributed by atoms with van der Waals surface area (Å²) in [5, 5.41) is 11.6. The largest absolute Gasteiger partial charge is 0.504 e. The van der Waals surface area contributed by atoms with E-state index >= 15 is 0 Å². The first-order chi connectivity index (χ1) is 20.4. The van der Waals surface area contributed by atoms with E-state index < -0.39 is 0 Å². The highest BCUT2D eigenvalue weighted by molar-refractivity contribution is 6.36. The molecular weight excluding hydrogens is 572 g/mol. The number of halogens is 3. The summed E-state index contributed by atoms with van der Waals surface area (Å²) in [6.07, 6.45) is 5.15. The van der Waals surface area contributed by atoms with Gasteiger partial charge in [-0.3, -0.25) is 14.1 Å². The van der Waals surface area contributed by atoms with E-state index in [1.807, 2.05) is 30.3 Å². The lowest BCUT2D eigenvalue weighted by molar-refractivity contribution is -0.117. The number of aliphatic hydroxyl groups excluding tert-OH is 1. The summed E-state index contributed by atoms with van der Waals surface area (Å²) in [5.41, 5.74) is 8.25. The van der Waals surface area contributed by atoms with Gasteiger partial charge in [0.05, 0.1) is 6.67 Å². The second-order valence-electron chi connectivity index (χ2n) is 11.3. The van der Waals surface area contributed by atoms with Crippen LogP contribution < -0.4 is 4.74 Å². The minimum absolute atomic E-state index is 0.100. The molecule has 0 bridgehead atoms. The number of carbonyl (C=O) groups excluding carboxylic acids is 1. The molecule has 1 heterocycles. The fourth-order valence-electron chi connectivity index (χ4n) is 6.51. The van der Waals surface area contributed by atoms with Crippen LogP contribution in [0.3, 0.4) is 0 Å². The smallest absolute Gasteiger partial charge is 0.197 e. The highest BCUT2D eigenvalue weighted by Crippen LogP contribution is 2.43. The van der Waals surface area contributed by atoms with Crippen LogP contribution in [0.2, 0.25) is 10.0 Å². The van der Waals surface area contributed by atoms with E-state index in [-0.39, 0.29) is 24.3 Å². The van der Waals surface area contributed by atoms with Gasteiger partial charge in [0, 0.05) is 41.7 Å². The van der Waals surface area contributed by atoms with Crippen LogP contribution in [0, 0.1) is 0 Å². The number of nitrogens with zero attached hydrogens (tertiary/aromatic N) is 1. The molecule has 1 N–H and O–H groups in total. The summed E-state index contributed by atoms with van der Waals surface area (Å²) in [4.78, 5) is 14.3. The first kappa shape index (κ1) is 29.0. The van der Waals surface area contributed by atoms with Crippen LogP contribution in [0.25, 0.3) is 16.7 Å². The lowest BCUT2D eigenvalue weighted by atomic mass is 9.86. The summed E-state index contributed by atoms with van der Waals surface area (Å²) in [6.45, 7) is 2.24. The predicted molar refractivity (Wildman–Crippen MR) is 168 cm³/mol. The first-order valence-corrected chi connectivity index (χ1v) is 15.5. The molecule has 2 aliphatic carbocycles. The number of benzene rings is 3. The SMILES string of the molecule is O=C1CCC(c2ccc3c(c2)CCCC(c2ccc(Cl)cc2Cl)=C3c2ccc(OC3CCN(CCCF)C3)cc2)=C1O. The zero-order chi connectivity index (χ0) is 29.2. The first-order valence-electron chi connectivity index (χ1n) is 14.7. The number of alkyl halides is 1. The summed E-state index contributed by atoms with van der Waals surface area (Å²) in [7, 11) is 0. The molecule has 1 saturated heterocycles. The highest BCUT2D eigenvalue weighted by Gasteiger charge is 2.27. The van der Waals surface area contributed by atoms with Gasteiger partial charge in [0.2, 0.25) is 0 Å². The molecule has 3 aromatic rings. The molecule has 3 aromatic carbocycles. The van der Waals surface area contributed by atoms with E-state index in [1.165, 1.54) is 5.56 Å². The summed E-state index contributed by atoms with van der Waals surface area (Å²) in [6, 6.07) is 20.2. The Morgan fingerprint density at radius 1 is 0.905 bits per heavy atom. The third-order valence-electron chi connectivity index (χ3n) is 8.59. The maximum absolute atomic E-state index is 12.6. The number of aliphatic hydroxyl groups is 1. The summed E-state index contributed by atoms with van der Waals surface area (Å²) >= 11 is 13.0. The van der Waals surface area contributed by atoms with Crippen molar-refractivity contribution in [3.05, 3.63) is 104 Å². The Morgan fingerprint density at radius 3 is 2.43 bits per heavy atom. The number of allylic oxidation sites excluding steroid dienone is 3. The van der Waals surface area contributed by atoms with Crippen LogP contribution in [0.4, 0.5) is 4.39 Å². The molecule has 3 aliphatic rings. The number of fused-ring (bicyclic) bond motifs is 1. The van der Waals surface area contributed by atoms with E-state index in [0.717, 1.165) is 90.0 Å². The van der Waals surface area contributed by atoms with Gasteiger partial charge in [-0.2, -0.15) is 0 Å². The Morgan fingerprint density at radius 2 is 1.69 bits per heavy atom. The molecule has 42 heavy (non-hydrogen) atoms. The molecule has 1 unspecified atom stereocenters. The lowest BCUT2D eigenvalue weighted by Crippen LogP contribution is -2.26. The average Bonchev–Trinajstić information content (AvgIpc) is 3.52. The number of aryl methyl sites for hydroxylation is 1. The van der Waals surface area contributed by atoms with E-state index in [9.17, 15) is 14.3 Å². The molecule has 218 valence electrons. The van der Waals surface area contributed by atoms with Crippen LogP contribution >= 0.6 is 23.2 Å². The monoisotopic (exact) mass is 605 g/mol. The zero-order valence-electron chi connectivity index (χ0n) is 23.5. The van der Waals surface area contributed by atoms with Gasteiger partial charge in [0.25, 0.3) is 0 Å². The van der Waals surface area contributed by atoms with Crippen LogP contribution in [-0.2, 0) is 11.2 Å². The lowest BCUT2D eigenvalue weighted by Gasteiger charge is -2.19. The fraction of sp³-hybridized carbons (Fsp3) is 0.343. The molecule has 6 rings (SSSR count). The molecule has 0 spiro atoms. The topological polar surface area (TPSA) is 49.8 Å². The Bertz CT molecular complexity index is 1560. The Hall–Kier alpha value is -3.12. The minimum atomic E-state index is -0.285. The number of likely N-dealkylation sites (tertiary alicyclic amines) is 1. The van der Waals surface area contributed by atoms with E-state index in [2.05, 4.69) is 29.2 Å². The second kappa shape index (κ2) is 12.6. The van der Waals surface area contributed by atoms with Gasteiger partial charge in [0.15, 0.2) is 11.5 Å². The Balaban J connectivity index is 1.37. The Labute approximate surface area is 256 Å². The highest BCUT2D eigenvalue weighted by atomic mass is 35.5. The van der Waals surface area contributed by atoms with Gasteiger partial charge in [-0.1, -0.05) is 59.6 Å². The molecule has 0 amide bonds. The van der Waals surface area contributed by atoms with Crippen molar-refractivity contribution in [1.82, 2.24) is 4.90 Å². The summed E-state index contributed by atoms with van der Waals surface area (Å²) < 4.78 is 18.9. The quantitative estimate of drug-likeness (QED) is 0.279. The molecule has 1 atom stereocenters. The third-order valence-corrected chi connectivity index (χ3v) is 9.14. The zero-order valence-corrected chi connectivity index (χ0v) is 25.0. The van der Waals surface area contributed by atoms with Crippen molar-refractivity contribution in [1.29, 1.82) is 0 Å². The maximum atomic E-state index is 12.6. The van der Waals surface area contributed by atoms with Gasteiger partial charge < -0.3 is 9.84 Å². The molecule has 1 aliphatic heterocycles. The number of carbonyl (C=O) groups is 1. The molecule has 0 aromatic heterocycles. The molecule has 0 saturated carbocycles. The number of hydrogen-bond donors (Lipinski definition) is 1. The Kier molecular flexibility index (Phi) is 8.71. The number of ketones is 1. The molecule has 4 nitrogen and oxygen atoms in total. The van der Waals surface area contributed by atoms with E-state index in [0.29, 0.717) is 29.3 Å². The van der Waals surface area contributed by atoms with Crippen molar-refractivity contribution in [2.24, 2.45) is 0 Å². The number of Topliss-reactive ketones (excluding diaryl/α,β-unsaturated/α-hetero) is 1. The van der Waals surface area contributed by atoms with Crippen LogP contribution in [-0.4, -0.2) is 48.2 Å². The number of hydrogen-bond acceptors (Lipinski definition) is 4. The van der Waals surface area contributed by atoms with Crippen LogP contribution in [0.5, 0.6) is 5.75 Å². The number of rotatable bonds is 8. The van der Waals surface area contributed by atoms with E-state index in [4.69, 9.17) is 27.9 Å². The standard InChI is InChI=1S/C35H34Cl2FNO3/c36-25-8-12-30(32(37)20-25)31-4-1-3-23-19-24(29-13-14-33(40)35(29)41)7-11-28(23)34(31)22-5-9-26(10-6-22)42-27-15-18-39(21-27)17-2-16-38/h5-12,19-20,27,41H,1-4,13-18,21H2. The van der Waals surface area contributed by atoms with Crippen LogP contribution in [0.15, 0.2) is 66.4 Å². The van der Waals surface area contributed by atoms with Crippen molar-refractivity contribution in [3.8, 4) is 5.75 Å². The van der Waals surface area contributed by atoms with Crippen LogP contribution in [0.1, 0.15) is 66.3 Å². The van der Waals surface area contributed by atoms with Crippen molar-refractivity contribution < 1.29 is 19.0 Å². The normalized spacial score (nSPS) is 19.4. The van der Waals surface area contributed by atoms with Crippen molar-refractivity contribution in [3.63, 3.8) is 0 Å². The maximum Gasteiger partial charge on any atom is 0.197 e. The van der Waals surface area contributed by atoms with Gasteiger partial charge in [-0.25, -0.2) is 0 Å². The van der Waals surface area contributed by atoms with E-state index in [1.54, 1.807) is 6.07 Å². The number of ether oxygens (including phenoxy) is 1. The fourth-order valence-corrected chi connectivity index (χ4v) is 7.03. The van der Waals surface area contributed by atoms with Gasteiger partial charge in [-0.05, 0) is 102 Å². The summed E-state index contributed by atoms with van der Waals surface area (Å²) in [5.74, 6) is 0.532. The van der Waals surface area contributed by atoms with Gasteiger partial charge in [-0.15, -0.1) is 0 Å². The van der Waals surface area contributed by atoms with Crippen molar-refractivity contribution in [2.45, 2.75) is 51.0 Å². The molecular formula is C35H34Cl2FNO3. The van der Waals surface area contributed by atoms with Gasteiger partial charge in [0.1, 0.15) is 11.9 Å². The molecule has 7 heteroatoms. The van der Waals surface area contributed by atoms with Gasteiger partial charge >= 0.3 is 0 Å². The second-order valence-corrected chi connectivity index (χ2v) is 12.2. The average molecular weight is 607 g/mol. The molecule has 0 radical (unpaired) electrons. The molecule has 1 fully saturated rings. The minimum Gasteiger partial charge on any atom is -0.504 e. The van der Waals surface area contributed by atoms with Crippen molar-refractivity contribution >= 4 is 45.7 Å². The third kappa shape index (κ3) is 6.01. The van der Waals surface area contributed by atoms with Crippen molar-refractivity contribution in [2.75, 3.05) is 26.3 Å². The predicted octanol–water partition coefficient (Wildman–Crippen LogP) is 8.73.